The first-order valence-electron chi connectivity index (χ1n) is 6.46. The normalized spacial score (nSPS) is 30.2. The van der Waals surface area contributed by atoms with Crippen molar-refractivity contribution in [3.8, 4) is 0 Å². The van der Waals surface area contributed by atoms with Crippen molar-refractivity contribution in [3.63, 3.8) is 0 Å². The van der Waals surface area contributed by atoms with Gasteiger partial charge in [-0.2, -0.15) is 0 Å². The second kappa shape index (κ2) is 4.58. The molecule has 0 aromatic rings. The zero-order chi connectivity index (χ0) is 12.6. The van der Waals surface area contributed by atoms with Crippen LogP contribution in [0.1, 0.15) is 20.3 Å². The molecular weight excluding hydrogens is 218 g/mol. The van der Waals surface area contributed by atoms with Crippen molar-refractivity contribution in [3.05, 3.63) is 0 Å². The Morgan fingerprint density at radius 1 is 1.47 bits per heavy atom. The van der Waals surface area contributed by atoms with Gasteiger partial charge in [-0.3, -0.25) is 4.79 Å². The van der Waals surface area contributed by atoms with Crippen LogP contribution in [0.25, 0.3) is 0 Å². The van der Waals surface area contributed by atoms with Gasteiger partial charge in [0, 0.05) is 12.0 Å². The summed E-state index contributed by atoms with van der Waals surface area (Å²) in [6.45, 7) is 7.37. The van der Waals surface area contributed by atoms with Gasteiger partial charge in [0.1, 0.15) is 0 Å². The fourth-order valence-corrected chi connectivity index (χ4v) is 3.61. The number of aliphatic carboxylic acids is 1. The van der Waals surface area contributed by atoms with E-state index >= 15 is 0 Å². The highest BCUT2D eigenvalue weighted by molar-refractivity contribution is 5.71. The van der Waals surface area contributed by atoms with E-state index in [9.17, 15) is 9.90 Å². The molecule has 0 aromatic heterocycles. The lowest BCUT2D eigenvalue weighted by atomic mass is 9.61. The van der Waals surface area contributed by atoms with Crippen molar-refractivity contribution >= 4 is 5.97 Å². The van der Waals surface area contributed by atoms with Gasteiger partial charge < -0.3 is 14.7 Å². The molecule has 2 unspecified atom stereocenters. The van der Waals surface area contributed by atoms with E-state index in [1.54, 1.807) is 0 Å². The van der Waals surface area contributed by atoms with Crippen LogP contribution >= 0.6 is 0 Å². The molecule has 2 aliphatic rings. The Kier molecular flexibility index (Phi) is 3.46. The SMILES string of the molecule is CC(C)C(C(=O)O)C1(C2CCN(C)C2)COC1. The van der Waals surface area contributed by atoms with Gasteiger partial charge in [0.15, 0.2) is 0 Å². The van der Waals surface area contributed by atoms with Crippen LogP contribution in [0.2, 0.25) is 0 Å². The van der Waals surface area contributed by atoms with Crippen LogP contribution in [0.5, 0.6) is 0 Å². The Labute approximate surface area is 103 Å². The summed E-state index contributed by atoms with van der Waals surface area (Å²) in [7, 11) is 2.11. The number of carboxylic acid groups (broad SMARTS) is 1. The van der Waals surface area contributed by atoms with E-state index in [1.807, 2.05) is 13.8 Å². The topological polar surface area (TPSA) is 49.8 Å². The quantitative estimate of drug-likeness (QED) is 0.806. The highest BCUT2D eigenvalue weighted by Gasteiger charge is 2.55. The Hall–Kier alpha value is -0.610. The summed E-state index contributed by atoms with van der Waals surface area (Å²) in [6.07, 6.45) is 1.11. The van der Waals surface area contributed by atoms with Gasteiger partial charge in [0.25, 0.3) is 0 Å². The zero-order valence-electron chi connectivity index (χ0n) is 11.0. The van der Waals surface area contributed by atoms with Crippen LogP contribution in [0, 0.1) is 23.2 Å². The first kappa shape index (κ1) is 12.8. The molecular formula is C13H23NO3. The second-order valence-corrected chi connectivity index (χ2v) is 6.03. The minimum Gasteiger partial charge on any atom is -0.481 e. The predicted molar refractivity (Wildman–Crippen MR) is 64.8 cm³/mol. The van der Waals surface area contributed by atoms with Gasteiger partial charge in [-0.15, -0.1) is 0 Å². The predicted octanol–water partition coefficient (Wildman–Crippen LogP) is 1.31. The van der Waals surface area contributed by atoms with Crippen molar-refractivity contribution in [2.45, 2.75) is 20.3 Å². The fourth-order valence-electron chi connectivity index (χ4n) is 3.61. The minimum atomic E-state index is -0.655. The third-order valence-corrected chi connectivity index (χ3v) is 4.50. The lowest BCUT2D eigenvalue weighted by Crippen LogP contribution is -2.57. The molecule has 0 aliphatic carbocycles. The number of nitrogens with zero attached hydrogens (tertiary/aromatic N) is 1. The maximum atomic E-state index is 11.5. The molecule has 2 saturated heterocycles. The Morgan fingerprint density at radius 3 is 2.41 bits per heavy atom. The lowest BCUT2D eigenvalue weighted by Gasteiger charge is -2.51. The molecule has 1 N–H and O–H groups in total. The van der Waals surface area contributed by atoms with Crippen LogP contribution in [0.4, 0.5) is 0 Å². The van der Waals surface area contributed by atoms with Crippen LogP contribution in [-0.4, -0.2) is 49.3 Å². The molecule has 0 spiro atoms. The minimum absolute atomic E-state index is 0.120. The van der Waals surface area contributed by atoms with Crippen LogP contribution in [0.3, 0.4) is 0 Å². The van der Waals surface area contributed by atoms with E-state index in [2.05, 4.69) is 11.9 Å². The van der Waals surface area contributed by atoms with Gasteiger partial charge in [-0.1, -0.05) is 13.8 Å². The highest BCUT2D eigenvalue weighted by Crippen LogP contribution is 2.49. The summed E-state index contributed by atoms with van der Waals surface area (Å²) in [5, 5.41) is 9.50. The summed E-state index contributed by atoms with van der Waals surface area (Å²) in [5.74, 6) is -0.280. The van der Waals surface area contributed by atoms with E-state index in [4.69, 9.17) is 4.74 Å². The molecule has 17 heavy (non-hydrogen) atoms. The Morgan fingerprint density at radius 2 is 2.12 bits per heavy atom. The first-order valence-corrected chi connectivity index (χ1v) is 6.46. The lowest BCUT2D eigenvalue weighted by molar-refractivity contribution is -0.199. The van der Waals surface area contributed by atoms with Gasteiger partial charge in [0.05, 0.1) is 19.1 Å². The van der Waals surface area contributed by atoms with Gasteiger partial charge in [0.2, 0.25) is 0 Å². The van der Waals surface area contributed by atoms with E-state index in [-0.39, 0.29) is 17.3 Å². The molecule has 2 aliphatic heterocycles. The number of carboxylic acids is 1. The maximum absolute atomic E-state index is 11.5. The average molecular weight is 241 g/mol. The summed E-state index contributed by atoms with van der Waals surface area (Å²) >= 11 is 0. The molecule has 2 fully saturated rings. The molecule has 0 radical (unpaired) electrons. The summed E-state index contributed by atoms with van der Waals surface area (Å²) < 4.78 is 5.39. The van der Waals surface area contributed by atoms with Crippen molar-refractivity contribution in [1.82, 2.24) is 4.90 Å². The molecule has 0 amide bonds. The Bertz CT molecular complexity index is 299. The number of ether oxygens (including phenoxy) is 1. The number of likely N-dealkylation sites (tertiary alicyclic amines) is 1. The largest absolute Gasteiger partial charge is 0.481 e. The van der Waals surface area contributed by atoms with E-state index in [0.29, 0.717) is 19.1 Å². The number of hydrogen-bond acceptors (Lipinski definition) is 3. The molecule has 0 bridgehead atoms. The van der Waals surface area contributed by atoms with Gasteiger partial charge in [-0.05, 0) is 31.8 Å². The summed E-state index contributed by atoms with van der Waals surface area (Å²) in [6, 6.07) is 0. The summed E-state index contributed by atoms with van der Waals surface area (Å²) in [4.78, 5) is 13.8. The smallest absolute Gasteiger partial charge is 0.307 e. The molecule has 2 atom stereocenters. The summed E-state index contributed by atoms with van der Waals surface area (Å²) in [5.41, 5.74) is -0.120. The van der Waals surface area contributed by atoms with E-state index in [0.717, 1.165) is 19.5 Å². The Balaban J connectivity index is 2.20. The van der Waals surface area contributed by atoms with Crippen molar-refractivity contribution in [2.24, 2.45) is 23.2 Å². The van der Waals surface area contributed by atoms with Crippen molar-refractivity contribution < 1.29 is 14.6 Å². The molecule has 2 heterocycles. The van der Waals surface area contributed by atoms with Crippen molar-refractivity contribution in [1.29, 1.82) is 0 Å². The fraction of sp³-hybridized carbons (Fsp3) is 0.923. The molecule has 4 heteroatoms. The monoisotopic (exact) mass is 241 g/mol. The van der Waals surface area contributed by atoms with Gasteiger partial charge in [-0.25, -0.2) is 0 Å². The van der Waals surface area contributed by atoms with E-state index in [1.165, 1.54) is 0 Å². The van der Waals surface area contributed by atoms with Crippen LogP contribution in [-0.2, 0) is 9.53 Å². The first-order chi connectivity index (χ1) is 7.97. The number of carbonyl (C=O) groups is 1. The molecule has 2 rings (SSSR count). The standard InChI is InChI=1S/C13H23NO3/c1-9(2)11(12(15)16)13(7-17-8-13)10-4-5-14(3)6-10/h9-11H,4-8H2,1-3H3,(H,15,16). The molecule has 4 nitrogen and oxygen atoms in total. The van der Waals surface area contributed by atoms with E-state index < -0.39 is 5.97 Å². The number of hydrogen-bond donors (Lipinski definition) is 1. The third kappa shape index (κ3) is 2.08. The van der Waals surface area contributed by atoms with Gasteiger partial charge >= 0.3 is 5.97 Å². The molecule has 0 aromatic carbocycles. The van der Waals surface area contributed by atoms with Crippen LogP contribution in [0.15, 0.2) is 0 Å². The molecule has 0 saturated carbocycles. The molecule has 98 valence electrons. The maximum Gasteiger partial charge on any atom is 0.307 e. The highest BCUT2D eigenvalue weighted by atomic mass is 16.5. The zero-order valence-corrected chi connectivity index (χ0v) is 11.0. The second-order valence-electron chi connectivity index (χ2n) is 6.03. The average Bonchev–Trinajstić information content (AvgIpc) is 2.56. The van der Waals surface area contributed by atoms with Crippen LogP contribution < -0.4 is 0 Å². The number of rotatable bonds is 4. The van der Waals surface area contributed by atoms with Crippen molar-refractivity contribution in [2.75, 3.05) is 33.4 Å². The third-order valence-electron chi connectivity index (χ3n) is 4.50.